The van der Waals surface area contributed by atoms with E-state index >= 15 is 0 Å². The third-order valence-corrected chi connectivity index (χ3v) is 5.66. The lowest BCUT2D eigenvalue weighted by molar-refractivity contribution is 0.0358. The van der Waals surface area contributed by atoms with Crippen LogP contribution in [0.5, 0.6) is 5.75 Å². The molecule has 4 rings (SSSR count). The summed E-state index contributed by atoms with van der Waals surface area (Å²) < 4.78 is 26.6. The van der Waals surface area contributed by atoms with Gasteiger partial charge in [0.25, 0.3) is 0 Å². The van der Waals surface area contributed by atoms with E-state index in [9.17, 15) is 9.18 Å². The lowest BCUT2D eigenvalue weighted by Gasteiger charge is -2.26. The number of hydrogen-bond acceptors (Lipinski definition) is 5. The lowest BCUT2D eigenvalue weighted by atomic mass is 10.1. The van der Waals surface area contributed by atoms with Gasteiger partial charge >= 0.3 is 6.03 Å². The summed E-state index contributed by atoms with van der Waals surface area (Å²) in [5, 5.41) is 9.85. The van der Waals surface area contributed by atoms with Gasteiger partial charge < -0.3 is 20.1 Å². The first-order chi connectivity index (χ1) is 16.6. The number of carbonyl (C=O) groups excluding carboxylic acids is 1. The van der Waals surface area contributed by atoms with Crippen molar-refractivity contribution in [2.75, 3.05) is 44.8 Å². The molecule has 0 aliphatic carbocycles. The van der Waals surface area contributed by atoms with Crippen LogP contribution in [-0.4, -0.2) is 60.2 Å². The Labute approximate surface area is 198 Å². The molecule has 3 aromatic rings. The molecule has 2 aromatic carbocycles. The molecule has 1 saturated heterocycles. The number of rotatable bonds is 9. The van der Waals surface area contributed by atoms with E-state index in [0.29, 0.717) is 17.9 Å². The molecule has 2 amide bonds. The van der Waals surface area contributed by atoms with Gasteiger partial charge in [0.15, 0.2) is 0 Å². The first kappa shape index (κ1) is 23.7. The molecule has 1 aromatic heterocycles. The predicted octanol–water partition coefficient (Wildman–Crippen LogP) is 3.65. The van der Waals surface area contributed by atoms with E-state index in [-0.39, 0.29) is 18.4 Å². The van der Waals surface area contributed by atoms with Gasteiger partial charge in [-0.3, -0.25) is 9.58 Å². The number of nitrogens with one attached hydrogen (secondary N) is 2. The van der Waals surface area contributed by atoms with E-state index in [0.717, 1.165) is 56.3 Å². The fourth-order valence-corrected chi connectivity index (χ4v) is 3.87. The van der Waals surface area contributed by atoms with Crippen LogP contribution in [0, 0.1) is 5.82 Å². The average Bonchev–Trinajstić information content (AvgIpc) is 3.27. The average molecular weight is 468 g/mol. The van der Waals surface area contributed by atoms with E-state index in [1.807, 2.05) is 25.2 Å². The monoisotopic (exact) mass is 467 g/mol. The highest BCUT2D eigenvalue weighted by Crippen LogP contribution is 2.32. The Kier molecular flexibility index (Phi) is 8.11. The smallest absolute Gasteiger partial charge is 0.319 e. The number of amides is 2. The van der Waals surface area contributed by atoms with Crippen molar-refractivity contribution in [2.45, 2.75) is 13.0 Å². The van der Waals surface area contributed by atoms with Crippen LogP contribution in [-0.2, 0) is 18.3 Å². The molecular formula is C25H30FN5O3. The Bertz CT molecular complexity index is 1100. The number of aryl methyl sites for hydroxylation is 1. The lowest BCUT2D eigenvalue weighted by Crippen LogP contribution is -2.37. The zero-order valence-corrected chi connectivity index (χ0v) is 19.3. The maximum atomic E-state index is 13.3. The van der Waals surface area contributed by atoms with Crippen LogP contribution >= 0.6 is 0 Å². The first-order valence-corrected chi connectivity index (χ1v) is 11.4. The summed E-state index contributed by atoms with van der Waals surface area (Å²) in [5.74, 6) is 0.400. The van der Waals surface area contributed by atoms with Gasteiger partial charge in [-0.25, -0.2) is 9.18 Å². The van der Waals surface area contributed by atoms with Gasteiger partial charge in [0.05, 0.1) is 25.5 Å². The van der Waals surface area contributed by atoms with Crippen LogP contribution < -0.4 is 15.4 Å². The summed E-state index contributed by atoms with van der Waals surface area (Å²) in [4.78, 5) is 14.8. The highest BCUT2D eigenvalue weighted by molar-refractivity contribution is 5.90. The fourth-order valence-electron chi connectivity index (χ4n) is 3.87. The van der Waals surface area contributed by atoms with Gasteiger partial charge in [0.1, 0.15) is 11.6 Å². The fraction of sp³-hybridized carbons (Fsp3) is 0.360. The van der Waals surface area contributed by atoms with Crippen molar-refractivity contribution in [1.82, 2.24) is 20.0 Å². The molecule has 0 atom stereocenters. The van der Waals surface area contributed by atoms with Gasteiger partial charge in [0.2, 0.25) is 0 Å². The van der Waals surface area contributed by atoms with E-state index in [2.05, 4.69) is 20.6 Å². The molecular weight excluding hydrogens is 437 g/mol. The van der Waals surface area contributed by atoms with Crippen molar-refractivity contribution in [3.8, 4) is 17.0 Å². The van der Waals surface area contributed by atoms with Crippen molar-refractivity contribution in [3.63, 3.8) is 0 Å². The molecule has 0 radical (unpaired) electrons. The second kappa shape index (κ2) is 11.6. The topological polar surface area (TPSA) is 80.7 Å². The Morgan fingerprint density at radius 3 is 2.79 bits per heavy atom. The molecule has 1 fully saturated rings. The summed E-state index contributed by atoms with van der Waals surface area (Å²) >= 11 is 0. The van der Waals surface area contributed by atoms with E-state index in [4.69, 9.17) is 9.47 Å². The van der Waals surface area contributed by atoms with Crippen molar-refractivity contribution in [1.29, 1.82) is 0 Å². The zero-order valence-electron chi connectivity index (χ0n) is 19.3. The number of hydrogen-bond donors (Lipinski definition) is 2. The largest absolute Gasteiger partial charge is 0.493 e. The third-order valence-electron chi connectivity index (χ3n) is 5.66. The summed E-state index contributed by atoms with van der Waals surface area (Å²) in [5.41, 5.74) is 3.03. The van der Waals surface area contributed by atoms with Crippen LogP contribution in [0.2, 0.25) is 0 Å². The van der Waals surface area contributed by atoms with Crippen LogP contribution in [0.25, 0.3) is 11.3 Å². The second-order valence-electron chi connectivity index (χ2n) is 8.14. The Morgan fingerprint density at radius 1 is 1.18 bits per heavy atom. The summed E-state index contributed by atoms with van der Waals surface area (Å²) in [6.45, 7) is 5.27. The Balaban J connectivity index is 1.38. The van der Waals surface area contributed by atoms with E-state index in [1.54, 1.807) is 29.1 Å². The maximum Gasteiger partial charge on any atom is 0.319 e. The van der Waals surface area contributed by atoms with Crippen molar-refractivity contribution < 1.29 is 18.7 Å². The molecule has 8 nitrogen and oxygen atoms in total. The van der Waals surface area contributed by atoms with Crippen molar-refractivity contribution in [3.05, 3.63) is 66.1 Å². The molecule has 1 aliphatic rings. The highest BCUT2D eigenvalue weighted by atomic mass is 19.1. The van der Waals surface area contributed by atoms with Crippen LogP contribution in [0.3, 0.4) is 0 Å². The van der Waals surface area contributed by atoms with E-state index < -0.39 is 0 Å². The standard InChI is InChI=1S/C25H30FN5O3/c1-30-23(8-9-28-30)22-17-21(29-25(32)27-18-19-4-2-5-20(26)16-19)6-7-24(22)34-13-3-10-31-11-14-33-15-12-31/h2,4-9,16-17H,3,10-15,18H2,1H3,(H2,27,29,32). The zero-order chi connectivity index (χ0) is 23.8. The van der Waals surface area contributed by atoms with Crippen LogP contribution in [0.4, 0.5) is 14.9 Å². The predicted molar refractivity (Wildman–Crippen MR) is 128 cm³/mol. The molecule has 1 aliphatic heterocycles. The molecule has 0 unspecified atom stereocenters. The number of anilines is 1. The van der Waals surface area contributed by atoms with Crippen LogP contribution in [0.1, 0.15) is 12.0 Å². The highest BCUT2D eigenvalue weighted by Gasteiger charge is 2.14. The van der Waals surface area contributed by atoms with Gasteiger partial charge in [-0.2, -0.15) is 5.10 Å². The summed E-state index contributed by atoms with van der Waals surface area (Å²) in [7, 11) is 1.86. The molecule has 2 heterocycles. The molecule has 34 heavy (non-hydrogen) atoms. The molecule has 9 heteroatoms. The Morgan fingerprint density at radius 2 is 2.03 bits per heavy atom. The third kappa shape index (κ3) is 6.55. The molecule has 0 saturated carbocycles. The van der Waals surface area contributed by atoms with Gasteiger partial charge in [0, 0.05) is 50.7 Å². The number of urea groups is 1. The van der Waals surface area contributed by atoms with Crippen molar-refractivity contribution in [2.24, 2.45) is 7.05 Å². The minimum Gasteiger partial charge on any atom is -0.493 e. The second-order valence-corrected chi connectivity index (χ2v) is 8.14. The number of nitrogens with zero attached hydrogens (tertiary/aromatic N) is 3. The normalized spacial score (nSPS) is 14.1. The maximum absolute atomic E-state index is 13.3. The first-order valence-electron chi connectivity index (χ1n) is 11.4. The quantitative estimate of drug-likeness (QED) is 0.470. The number of benzene rings is 2. The number of halogens is 1. The molecule has 0 spiro atoms. The molecule has 2 N–H and O–H groups in total. The Hall–Kier alpha value is -3.43. The summed E-state index contributed by atoms with van der Waals surface area (Å²) in [6.07, 6.45) is 2.64. The minimum absolute atomic E-state index is 0.225. The number of aromatic nitrogens is 2. The van der Waals surface area contributed by atoms with Crippen LogP contribution in [0.15, 0.2) is 54.7 Å². The minimum atomic E-state index is -0.376. The van der Waals surface area contributed by atoms with Gasteiger partial charge in [-0.05, 0) is 48.4 Å². The molecule has 0 bridgehead atoms. The van der Waals surface area contributed by atoms with E-state index in [1.165, 1.54) is 12.1 Å². The van der Waals surface area contributed by atoms with Crippen molar-refractivity contribution >= 4 is 11.7 Å². The molecule has 180 valence electrons. The van der Waals surface area contributed by atoms with Gasteiger partial charge in [-0.1, -0.05) is 12.1 Å². The SMILES string of the molecule is Cn1nccc1-c1cc(NC(=O)NCc2cccc(F)c2)ccc1OCCCN1CCOCC1. The number of carbonyl (C=O) groups is 1. The number of morpholine rings is 1. The van der Waals surface area contributed by atoms with Gasteiger partial charge in [-0.15, -0.1) is 0 Å². The number of ether oxygens (including phenoxy) is 2. The summed E-state index contributed by atoms with van der Waals surface area (Å²) in [6, 6.07) is 13.2.